The summed E-state index contributed by atoms with van der Waals surface area (Å²) >= 11 is 0. The Morgan fingerprint density at radius 2 is 1.55 bits per heavy atom. The van der Waals surface area contributed by atoms with Crippen molar-refractivity contribution in [2.75, 3.05) is 7.11 Å². The molecule has 0 heterocycles. The van der Waals surface area contributed by atoms with Gasteiger partial charge in [0.15, 0.2) is 0 Å². The summed E-state index contributed by atoms with van der Waals surface area (Å²) in [7, 11) is 1.71. The van der Waals surface area contributed by atoms with Crippen molar-refractivity contribution in [2.24, 2.45) is 5.73 Å². The van der Waals surface area contributed by atoms with Crippen molar-refractivity contribution < 1.29 is 4.74 Å². The van der Waals surface area contributed by atoms with Crippen molar-refractivity contribution in [2.45, 2.75) is 33.7 Å². The zero-order valence-corrected chi connectivity index (χ0v) is 12.9. The van der Waals surface area contributed by atoms with Gasteiger partial charge < -0.3 is 10.5 Å². The van der Waals surface area contributed by atoms with Crippen LogP contribution in [0.5, 0.6) is 5.75 Å². The van der Waals surface area contributed by atoms with Gasteiger partial charge in [-0.25, -0.2) is 0 Å². The molecule has 106 valence electrons. The average molecular weight is 269 g/mol. The van der Waals surface area contributed by atoms with E-state index in [-0.39, 0.29) is 6.04 Å². The highest BCUT2D eigenvalue weighted by atomic mass is 16.5. The molecule has 0 saturated carbocycles. The van der Waals surface area contributed by atoms with Gasteiger partial charge in [-0.1, -0.05) is 30.3 Å². The Bertz CT molecular complexity index is 632. The molecule has 2 aromatic rings. The molecule has 1 unspecified atom stereocenters. The van der Waals surface area contributed by atoms with E-state index in [9.17, 15) is 0 Å². The molecule has 0 bridgehead atoms. The molecule has 2 aromatic carbocycles. The second kappa shape index (κ2) is 5.68. The Labute approximate surface area is 121 Å². The fourth-order valence-electron chi connectivity index (χ4n) is 2.46. The molecule has 0 fully saturated rings. The molecule has 0 saturated heterocycles. The first-order valence-corrected chi connectivity index (χ1v) is 6.92. The van der Waals surface area contributed by atoms with Gasteiger partial charge in [-0.15, -0.1) is 0 Å². The van der Waals surface area contributed by atoms with E-state index in [0.29, 0.717) is 0 Å². The minimum Gasteiger partial charge on any atom is -0.496 e. The predicted octanol–water partition coefficient (Wildman–Crippen LogP) is 3.98. The first-order chi connectivity index (χ1) is 9.45. The smallest absolute Gasteiger partial charge is 0.127 e. The van der Waals surface area contributed by atoms with Crippen molar-refractivity contribution in [3.8, 4) is 5.75 Å². The maximum atomic E-state index is 6.45. The third-order valence-corrected chi connectivity index (χ3v) is 4.14. The van der Waals surface area contributed by atoms with Crippen LogP contribution in [-0.2, 0) is 0 Å². The van der Waals surface area contributed by atoms with Gasteiger partial charge in [-0.05, 0) is 55.5 Å². The van der Waals surface area contributed by atoms with E-state index in [0.717, 1.165) is 22.4 Å². The summed E-state index contributed by atoms with van der Waals surface area (Å²) in [4.78, 5) is 0. The quantitative estimate of drug-likeness (QED) is 0.914. The van der Waals surface area contributed by atoms with Crippen molar-refractivity contribution >= 4 is 0 Å². The molecule has 0 aliphatic heterocycles. The summed E-state index contributed by atoms with van der Waals surface area (Å²) in [5, 5.41) is 0. The van der Waals surface area contributed by atoms with Gasteiger partial charge in [0.05, 0.1) is 13.2 Å². The SMILES string of the molecule is COc1c(C(N)c2ccc(C)c(C)c2)ccc(C)c1C. The summed E-state index contributed by atoms with van der Waals surface area (Å²) in [5.41, 5.74) is 13.5. The predicted molar refractivity (Wildman–Crippen MR) is 84.4 cm³/mol. The summed E-state index contributed by atoms with van der Waals surface area (Å²) in [5.74, 6) is 0.899. The van der Waals surface area contributed by atoms with E-state index in [1.807, 2.05) is 0 Å². The highest BCUT2D eigenvalue weighted by Crippen LogP contribution is 2.33. The van der Waals surface area contributed by atoms with Gasteiger partial charge in [0, 0.05) is 5.56 Å². The van der Waals surface area contributed by atoms with Crippen molar-refractivity contribution in [3.05, 3.63) is 63.7 Å². The Hall–Kier alpha value is -1.80. The van der Waals surface area contributed by atoms with Crippen LogP contribution >= 0.6 is 0 Å². The summed E-state index contributed by atoms with van der Waals surface area (Å²) in [6.45, 7) is 8.39. The Morgan fingerprint density at radius 1 is 0.900 bits per heavy atom. The number of hydrogen-bond donors (Lipinski definition) is 1. The van der Waals surface area contributed by atoms with Gasteiger partial charge in [0.1, 0.15) is 5.75 Å². The molecule has 0 spiro atoms. The van der Waals surface area contributed by atoms with Gasteiger partial charge in [0.2, 0.25) is 0 Å². The van der Waals surface area contributed by atoms with Crippen LogP contribution in [0.15, 0.2) is 30.3 Å². The van der Waals surface area contributed by atoms with Crippen LogP contribution in [-0.4, -0.2) is 7.11 Å². The molecule has 0 radical (unpaired) electrons. The first-order valence-electron chi connectivity index (χ1n) is 6.92. The zero-order valence-electron chi connectivity index (χ0n) is 12.9. The molecular formula is C18H23NO. The standard InChI is InChI=1S/C18H23NO/c1-11-6-8-15(10-13(11)3)17(19)16-9-7-12(2)14(4)18(16)20-5/h6-10,17H,19H2,1-5H3. The molecule has 2 rings (SSSR count). The van der Waals surface area contributed by atoms with Crippen LogP contribution in [0.1, 0.15) is 39.4 Å². The number of aryl methyl sites for hydroxylation is 3. The van der Waals surface area contributed by atoms with E-state index >= 15 is 0 Å². The third kappa shape index (κ3) is 2.56. The van der Waals surface area contributed by atoms with E-state index in [1.165, 1.54) is 16.7 Å². The lowest BCUT2D eigenvalue weighted by atomic mass is 9.93. The Morgan fingerprint density at radius 3 is 2.15 bits per heavy atom. The lowest BCUT2D eigenvalue weighted by Crippen LogP contribution is -2.14. The average Bonchev–Trinajstić information content (AvgIpc) is 2.44. The van der Waals surface area contributed by atoms with Crippen LogP contribution in [0.4, 0.5) is 0 Å². The molecule has 0 amide bonds. The molecule has 0 aromatic heterocycles. The third-order valence-electron chi connectivity index (χ3n) is 4.14. The van der Waals surface area contributed by atoms with Crippen molar-refractivity contribution in [3.63, 3.8) is 0 Å². The summed E-state index contributed by atoms with van der Waals surface area (Å²) in [6, 6.07) is 10.4. The second-order valence-electron chi connectivity index (χ2n) is 5.45. The lowest BCUT2D eigenvalue weighted by Gasteiger charge is -2.19. The summed E-state index contributed by atoms with van der Waals surface area (Å²) in [6.07, 6.45) is 0. The second-order valence-corrected chi connectivity index (χ2v) is 5.45. The maximum absolute atomic E-state index is 6.45. The van der Waals surface area contributed by atoms with Crippen LogP contribution < -0.4 is 10.5 Å². The number of rotatable bonds is 3. The number of methoxy groups -OCH3 is 1. The van der Waals surface area contributed by atoms with Crippen molar-refractivity contribution in [1.29, 1.82) is 0 Å². The highest BCUT2D eigenvalue weighted by molar-refractivity contribution is 5.50. The molecule has 2 N–H and O–H groups in total. The van der Waals surface area contributed by atoms with E-state index in [2.05, 4.69) is 58.0 Å². The molecule has 2 heteroatoms. The van der Waals surface area contributed by atoms with Crippen LogP contribution in [0.25, 0.3) is 0 Å². The van der Waals surface area contributed by atoms with E-state index in [4.69, 9.17) is 10.5 Å². The molecule has 0 aliphatic rings. The highest BCUT2D eigenvalue weighted by Gasteiger charge is 2.17. The van der Waals surface area contributed by atoms with Gasteiger partial charge >= 0.3 is 0 Å². The number of nitrogens with two attached hydrogens (primary N) is 1. The summed E-state index contributed by atoms with van der Waals surface area (Å²) < 4.78 is 5.57. The van der Waals surface area contributed by atoms with Crippen LogP contribution in [0, 0.1) is 27.7 Å². The minimum absolute atomic E-state index is 0.163. The number of ether oxygens (including phenoxy) is 1. The first kappa shape index (κ1) is 14.6. The normalized spacial score (nSPS) is 12.3. The minimum atomic E-state index is -0.163. The van der Waals surface area contributed by atoms with Gasteiger partial charge in [-0.3, -0.25) is 0 Å². The molecule has 2 nitrogen and oxygen atoms in total. The molecule has 0 aliphatic carbocycles. The molecule has 1 atom stereocenters. The Kier molecular flexibility index (Phi) is 4.15. The van der Waals surface area contributed by atoms with Crippen LogP contribution in [0.2, 0.25) is 0 Å². The largest absolute Gasteiger partial charge is 0.496 e. The van der Waals surface area contributed by atoms with Gasteiger partial charge in [-0.2, -0.15) is 0 Å². The Balaban J connectivity index is 2.50. The molecule has 20 heavy (non-hydrogen) atoms. The topological polar surface area (TPSA) is 35.2 Å². The monoisotopic (exact) mass is 269 g/mol. The van der Waals surface area contributed by atoms with Gasteiger partial charge in [0.25, 0.3) is 0 Å². The van der Waals surface area contributed by atoms with E-state index < -0.39 is 0 Å². The number of hydrogen-bond acceptors (Lipinski definition) is 2. The number of benzene rings is 2. The lowest BCUT2D eigenvalue weighted by molar-refractivity contribution is 0.404. The zero-order chi connectivity index (χ0) is 14.9. The maximum Gasteiger partial charge on any atom is 0.127 e. The van der Waals surface area contributed by atoms with Crippen LogP contribution in [0.3, 0.4) is 0 Å². The van der Waals surface area contributed by atoms with E-state index in [1.54, 1.807) is 7.11 Å². The molecular weight excluding hydrogens is 246 g/mol. The fourth-order valence-corrected chi connectivity index (χ4v) is 2.46. The van der Waals surface area contributed by atoms with Crippen molar-refractivity contribution in [1.82, 2.24) is 0 Å². The fraction of sp³-hybridized carbons (Fsp3) is 0.333.